The normalized spacial score (nSPS) is 11.7. The van der Waals surface area contributed by atoms with Gasteiger partial charge in [0.1, 0.15) is 17.9 Å². The van der Waals surface area contributed by atoms with Crippen LogP contribution in [0.2, 0.25) is 0 Å². The minimum atomic E-state index is -5.26. The predicted molar refractivity (Wildman–Crippen MR) is 300 cm³/mol. The molecule has 5 aromatic rings. The third-order valence-corrected chi connectivity index (χ3v) is 13.1. The summed E-state index contributed by atoms with van der Waals surface area (Å²) in [5, 5.41) is 2.65. The lowest BCUT2D eigenvalue weighted by atomic mass is 10.1. The molecule has 0 aliphatic rings. The molecule has 19 heteroatoms. The smallest absolute Gasteiger partial charge is 0.471 e. The average molecular weight is 1120 g/mol. The van der Waals surface area contributed by atoms with Gasteiger partial charge in [0.25, 0.3) is 5.91 Å². The second-order valence-electron chi connectivity index (χ2n) is 19.7. The first-order valence-electron chi connectivity index (χ1n) is 28.6. The zero-order chi connectivity index (χ0) is 57.4. The Morgan fingerprint density at radius 2 is 1.10 bits per heavy atom. The van der Waals surface area contributed by atoms with E-state index in [-0.39, 0.29) is 54.2 Å². The highest BCUT2D eigenvalue weighted by Crippen LogP contribution is 2.32. The van der Waals surface area contributed by atoms with Gasteiger partial charge in [-0.3, -0.25) is 19.3 Å². The number of rotatable bonds is 39. The van der Waals surface area contributed by atoms with Crippen molar-refractivity contribution in [3.63, 3.8) is 0 Å². The highest BCUT2D eigenvalue weighted by molar-refractivity contribution is 5.99. The number of hydrogen-bond donors (Lipinski definition) is 1. The van der Waals surface area contributed by atoms with Gasteiger partial charge in [-0.2, -0.15) is 13.2 Å². The van der Waals surface area contributed by atoms with Crippen LogP contribution in [0.1, 0.15) is 170 Å². The van der Waals surface area contributed by atoms with Crippen LogP contribution in [0.25, 0.3) is 11.2 Å². The molecule has 2 amide bonds. The molecule has 0 bridgehead atoms. The Hall–Kier alpha value is -7.05. The number of nitrogens with one attached hydrogen (secondary N) is 1. The SMILES string of the molecule is CCCCCCOc1ccc(CCOC(=O)CC[C@H](NC(=O)c2ccc(N(Cc3cnc4ncncc4n3)C(=O)C(F)(F)F)cc2)C(=O)OCCc2ccc(OCCCCCC)c(OCCCCCC)c2)cc1OCCCCCC. The number of fused-ring (bicyclic) bond motifs is 1. The van der Waals surface area contributed by atoms with Gasteiger partial charge in [-0.25, -0.2) is 24.7 Å². The number of carbonyl (C=O) groups is 4. The Kier molecular flexibility index (Phi) is 28.3. The number of esters is 2. The maximum absolute atomic E-state index is 14.0. The highest BCUT2D eigenvalue weighted by atomic mass is 19.4. The molecule has 0 saturated heterocycles. The van der Waals surface area contributed by atoms with E-state index in [0.29, 0.717) is 67.2 Å². The summed E-state index contributed by atoms with van der Waals surface area (Å²) < 4.78 is 77.9. The number of hydrogen-bond acceptors (Lipinski definition) is 14. The first-order valence-corrected chi connectivity index (χ1v) is 28.6. The summed E-state index contributed by atoms with van der Waals surface area (Å²) in [7, 11) is 0. The number of ether oxygens (including phenoxy) is 6. The van der Waals surface area contributed by atoms with Crippen molar-refractivity contribution in [1.29, 1.82) is 0 Å². The van der Waals surface area contributed by atoms with E-state index in [0.717, 1.165) is 114 Å². The van der Waals surface area contributed by atoms with Crippen LogP contribution in [0.4, 0.5) is 18.9 Å². The molecular weight excluding hydrogens is 1030 g/mol. The summed E-state index contributed by atoms with van der Waals surface area (Å²) in [5.74, 6) is -1.86. The van der Waals surface area contributed by atoms with Crippen LogP contribution in [0.3, 0.4) is 0 Å². The summed E-state index contributed by atoms with van der Waals surface area (Å²) in [6.45, 7) is 10.2. The van der Waals surface area contributed by atoms with Crippen molar-refractivity contribution in [2.24, 2.45) is 0 Å². The predicted octanol–water partition coefficient (Wildman–Crippen LogP) is 12.8. The Balaban J connectivity index is 1.27. The fraction of sp³-hybridized carbons (Fsp3) is 0.541. The Morgan fingerprint density at radius 3 is 1.61 bits per heavy atom. The van der Waals surface area contributed by atoms with Gasteiger partial charge in [-0.05, 0) is 91.8 Å². The van der Waals surface area contributed by atoms with Crippen LogP contribution >= 0.6 is 0 Å². The summed E-state index contributed by atoms with van der Waals surface area (Å²) in [5.41, 5.74) is 1.90. The van der Waals surface area contributed by atoms with Crippen molar-refractivity contribution < 1.29 is 60.8 Å². The third-order valence-electron chi connectivity index (χ3n) is 13.1. The molecule has 0 unspecified atom stereocenters. The number of amides is 2. The van der Waals surface area contributed by atoms with Crippen LogP contribution in [0.15, 0.2) is 79.4 Å². The zero-order valence-electron chi connectivity index (χ0n) is 47.1. The molecule has 0 aliphatic carbocycles. The first kappa shape index (κ1) is 63.8. The molecule has 0 aliphatic heterocycles. The van der Waals surface area contributed by atoms with Gasteiger partial charge in [0.2, 0.25) is 0 Å². The van der Waals surface area contributed by atoms with Gasteiger partial charge in [-0.15, -0.1) is 0 Å². The van der Waals surface area contributed by atoms with Gasteiger partial charge >= 0.3 is 24.0 Å². The van der Waals surface area contributed by atoms with Crippen LogP contribution < -0.4 is 29.2 Å². The van der Waals surface area contributed by atoms with E-state index >= 15 is 0 Å². The highest BCUT2D eigenvalue weighted by Gasteiger charge is 2.43. The van der Waals surface area contributed by atoms with E-state index in [4.69, 9.17) is 28.4 Å². The molecule has 1 N–H and O–H groups in total. The Morgan fingerprint density at radius 1 is 0.588 bits per heavy atom. The molecule has 0 saturated carbocycles. The summed E-state index contributed by atoms with van der Waals surface area (Å²) >= 11 is 0. The number of unbranched alkanes of at least 4 members (excludes halogenated alkanes) is 12. The van der Waals surface area contributed by atoms with Crippen LogP contribution in [0.5, 0.6) is 23.0 Å². The third kappa shape index (κ3) is 22.6. The van der Waals surface area contributed by atoms with E-state index in [9.17, 15) is 32.3 Å². The Labute approximate surface area is 469 Å². The van der Waals surface area contributed by atoms with E-state index in [1.807, 2.05) is 36.4 Å². The molecule has 0 radical (unpaired) electrons. The number of halogens is 3. The van der Waals surface area contributed by atoms with E-state index in [1.165, 1.54) is 43.0 Å². The van der Waals surface area contributed by atoms with Gasteiger partial charge in [0.05, 0.1) is 64.3 Å². The molecule has 2 heterocycles. The molecule has 3 aromatic carbocycles. The van der Waals surface area contributed by atoms with Gasteiger partial charge in [0.15, 0.2) is 28.6 Å². The summed E-state index contributed by atoms with van der Waals surface area (Å²) in [4.78, 5) is 70.5. The lowest BCUT2D eigenvalue weighted by Gasteiger charge is -2.24. The molecule has 2 aromatic heterocycles. The molecule has 16 nitrogen and oxygen atoms in total. The van der Waals surface area contributed by atoms with Gasteiger partial charge < -0.3 is 33.7 Å². The maximum Gasteiger partial charge on any atom is 0.471 e. The number of nitrogens with zero attached hydrogens (tertiary/aromatic N) is 5. The van der Waals surface area contributed by atoms with E-state index in [1.54, 1.807) is 0 Å². The van der Waals surface area contributed by atoms with Crippen molar-refractivity contribution in [2.45, 2.75) is 175 Å². The molecule has 1 atom stereocenters. The largest absolute Gasteiger partial charge is 0.490 e. The van der Waals surface area contributed by atoms with Crippen molar-refractivity contribution in [3.05, 3.63) is 102 Å². The van der Waals surface area contributed by atoms with Crippen LogP contribution in [0, 0.1) is 0 Å². The second-order valence-corrected chi connectivity index (χ2v) is 19.7. The molecule has 80 heavy (non-hydrogen) atoms. The van der Waals surface area contributed by atoms with Gasteiger partial charge in [0, 0.05) is 30.5 Å². The lowest BCUT2D eigenvalue weighted by Crippen LogP contribution is -2.42. The van der Waals surface area contributed by atoms with Crippen molar-refractivity contribution >= 4 is 40.6 Å². The molecular formula is C61H81F3N6O10. The molecule has 0 fully saturated rings. The molecule has 5 rings (SSSR count). The standard InChI is InChI=1S/C61H81F3N6O10/c1-5-9-13-17-33-75-52-28-21-45(39-54(52)77-35-19-15-11-7-3)31-37-79-56(71)30-27-50(59(73)80-38-32-46-22-29-53(76-34-18-14-10-6-2)55(40-46)78-36-20-16-12-8-4)69-58(72)47-23-25-49(26-24-47)70(60(74)61(62,63)64)43-48-41-66-57-51(68-48)42-65-44-67-57/h21-26,28-29,39-42,44,50H,5-20,27,30-38,43H2,1-4H3,(H,69,72)/t50-/m0/s1. The Bertz CT molecular complexity index is 2660. The number of benzene rings is 3. The van der Waals surface area contributed by atoms with Crippen molar-refractivity contribution in [3.8, 4) is 23.0 Å². The van der Waals surface area contributed by atoms with Crippen molar-refractivity contribution in [2.75, 3.05) is 44.5 Å². The second kappa shape index (κ2) is 35.5. The minimum absolute atomic E-state index is 0.0252. The number of aromatic nitrogens is 4. The molecule has 436 valence electrons. The van der Waals surface area contributed by atoms with Crippen LogP contribution in [-0.2, 0) is 43.2 Å². The molecule has 0 spiro atoms. The fourth-order valence-electron chi connectivity index (χ4n) is 8.48. The van der Waals surface area contributed by atoms with Crippen LogP contribution in [-0.4, -0.2) is 95.5 Å². The van der Waals surface area contributed by atoms with E-state index in [2.05, 4.69) is 52.9 Å². The summed E-state index contributed by atoms with van der Waals surface area (Å²) in [6, 6.07) is 14.7. The number of alkyl halides is 3. The van der Waals surface area contributed by atoms with Gasteiger partial charge in [-0.1, -0.05) is 117 Å². The summed E-state index contributed by atoms with van der Waals surface area (Å²) in [6.07, 6.45) is 15.6. The van der Waals surface area contributed by atoms with E-state index < -0.39 is 42.5 Å². The topological polar surface area (TPSA) is 190 Å². The average Bonchev–Trinajstić information content (AvgIpc) is 3.47. The quantitative estimate of drug-likeness (QED) is 0.0289. The first-order chi connectivity index (χ1) is 38.8. The monoisotopic (exact) mass is 1110 g/mol. The maximum atomic E-state index is 14.0. The zero-order valence-corrected chi connectivity index (χ0v) is 47.1. The fourth-order valence-corrected chi connectivity index (χ4v) is 8.48. The number of carbonyl (C=O) groups excluding carboxylic acids is 4. The number of anilines is 1. The lowest BCUT2D eigenvalue weighted by molar-refractivity contribution is -0.170. The van der Waals surface area contributed by atoms with Crippen molar-refractivity contribution in [1.82, 2.24) is 25.3 Å². The minimum Gasteiger partial charge on any atom is -0.490 e.